The van der Waals surface area contributed by atoms with Crippen LogP contribution in [0.15, 0.2) is 6.07 Å². The van der Waals surface area contributed by atoms with Gasteiger partial charge in [-0.15, -0.1) is 21.5 Å². The predicted molar refractivity (Wildman–Crippen MR) is 93.3 cm³/mol. The number of thiophene rings is 1. The SMILES string of the molecule is Cc1cc(C)c2c(C)c(C(=O)N3CCn4c(C)nnc4C3)sc2n1. The smallest absolute Gasteiger partial charge is 0.264 e. The summed E-state index contributed by atoms with van der Waals surface area (Å²) in [5, 5.41) is 9.41. The van der Waals surface area contributed by atoms with E-state index < -0.39 is 0 Å². The molecule has 0 aromatic carbocycles. The molecule has 0 saturated heterocycles. The van der Waals surface area contributed by atoms with Crippen molar-refractivity contribution in [1.29, 1.82) is 0 Å². The van der Waals surface area contributed by atoms with Gasteiger partial charge in [-0.25, -0.2) is 4.98 Å². The topological polar surface area (TPSA) is 63.9 Å². The molecule has 7 heteroatoms. The van der Waals surface area contributed by atoms with E-state index in [4.69, 9.17) is 0 Å². The van der Waals surface area contributed by atoms with Crippen LogP contribution in [-0.4, -0.2) is 37.1 Å². The Balaban J connectivity index is 1.72. The van der Waals surface area contributed by atoms with Gasteiger partial charge in [0.2, 0.25) is 0 Å². The fourth-order valence-electron chi connectivity index (χ4n) is 3.44. The number of pyridine rings is 1. The van der Waals surface area contributed by atoms with Gasteiger partial charge in [0.25, 0.3) is 5.91 Å². The van der Waals surface area contributed by atoms with E-state index in [0.29, 0.717) is 13.1 Å². The maximum atomic E-state index is 13.1. The van der Waals surface area contributed by atoms with Crippen molar-refractivity contribution in [2.75, 3.05) is 6.54 Å². The van der Waals surface area contributed by atoms with Crippen molar-refractivity contribution < 1.29 is 4.79 Å². The lowest BCUT2D eigenvalue weighted by atomic mass is 10.1. The highest BCUT2D eigenvalue weighted by Gasteiger charge is 2.27. The molecule has 6 nitrogen and oxygen atoms in total. The molecule has 0 N–H and O–H groups in total. The molecule has 0 aliphatic carbocycles. The Bertz CT molecular complexity index is 971. The second-order valence-electron chi connectivity index (χ2n) is 6.36. The second kappa shape index (κ2) is 5.37. The Kier molecular flexibility index (Phi) is 3.42. The molecule has 1 aliphatic rings. The van der Waals surface area contributed by atoms with Crippen LogP contribution in [0, 0.1) is 27.7 Å². The Morgan fingerprint density at radius 2 is 1.96 bits per heavy atom. The molecule has 124 valence electrons. The second-order valence-corrected chi connectivity index (χ2v) is 7.36. The van der Waals surface area contributed by atoms with Crippen LogP contribution in [0.5, 0.6) is 0 Å². The van der Waals surface area contributed by atoms with Crippen molar-refractivity contribution in [1.82, 2.24) is 24.6 Å². The molecule has 0 bridgehead atoms. The molecule has 0 saturated carbocycles. The molecular formula is C17H19N5OS. The molecular weight excluding hydrogens is 322 g/mol. The fourth-order valence-corrected chi connectivity index (χ4v) is 4.71. The summed E-state index contributed by atoms with van der Waals surface area (Å²) in [4.78, 5) is 21.3. The highest BCUT2D eigenvalue weighted by atomic mass is 32.1. The normalized spacial score (nSPS) is 14.2. The average Bonchev–Trinajstić information content (AvgIpc) is 3.07. The molecule has 4 rings (SSSR count). The van der Waals surface area contributed by atoms with Crippen molar-refractivity contribution in [3.63, 3.8) is 0 Å². The zero-order valence-electron chi connectivity index (χ0n) is 14.3. The molecule has 0 fully saturated rings. The van der Waals surface area contributed by atoms with Crippen molar-refractivity contribution in [3.8, 4) is 0 Å². The Hall–Kier alpha value is -2.28. The molecule has 1 aliphatic heterocycles. The first-order chi connectivity index (χ1) is 11.5. The van der Waals surface area contributed by atoms with Gasteiger partial charge in [0, 0.05) is 24.2 Å². The number of hydrogen-bond acceptors (Lipinski definition) is 5. The number of nitrogens with zero attached hydrogens (tertiary/aromatic N) is 5. The number of fused-ring (bicyclic) bond motifs is 2. The number of carbonyl (C=O) groups is 1. The van der Waals surface area contributed by atoms with Gasteiger partial charge in [-0.1, -0.05) is 0 Å². The first-order valence-electron chi connectivity index (χ1n) is 8.01. The van der Waals surface area contributed by atoms with Crippen LogP contribution in [-0.2, 0) is 13.1 Å². The summed E-state index contributed by atoms with van der Waals surface area (Å²) in [6.45, 7) is 9.98. The Labute approximate surface area is 144 Å². The van der Waals surface area contributed by atoms with Crippen LogP contribution in [0.4, 0.5) is 0 Å². The van der Waals surface area contributed by atoms with E-state index in [1.54, 1.807) is 0 Å². The molecule has 0 radical (unpaired) electrons. The van der Waals surface area contributed by atoms with Gasteiger partial charge >= 0.3 is 0 Å². The minimum absolute atomic E-state index is 0.0689. The molecule has 0 unspecified atom stereocenters. The molecule has 3 aromatic rings. The van der Waals surface area contributed by atoms with Crippen molar-refractivity contribution in [2.45, 2.75) is 40.8 Å². The molecule has 0 atom stereocenters. The van der Waals surface area contributed by atoms with Crippen LogP contribution in [0.3, 0.4) is 0 Å². The first kappa shape index (κ1) is 15.3. The number of hydrogen-bond donors (Lipinski definition) is 0. The summed E-state index contributed by atoms with van der Waals surface area (Å²) in [5.41, 5.74) is 3.20. The van der Waals surface area contributed by atoms with Crippen molar-refractivity contribution >= 4 is 27.5 Å². The highest BCUT2D eigenvalue weighted by Crippen LogP contribution is 2.33. The summed E-state index contributed by atoms with van der Waals surface area (Å²) >= 11 is 1.50. The monoisotopic (exact) mass is 341 g/mol. The lowest BCUT2D eigenvalue weighted by molar-refractivity contribution is 0.0711. The summed E-state index contributed by atoms with van der Waals surface area (Å²) in [6, 6.07) is 2.07. The van der Waals surface area contributed by atoms with Crippen LogP contribution in [0.2, 0.25) is 0 Å². The fraction of sp³-hybridized carbons (Fsp3) is 0.412. The average molecular weight is 341 g/mol. The van der Waals surface area contributed by atoms with Crippen LogP contribution < -0.4 is 0 Å². The van der Waals surface area contributed by atoms with E-state index in [-0.39, 0.29) is 5.91 Å². The minimum atomic E-state index is 0.0689. The maximum absolute atomic E-state index is 13.1. The van der Waals surface area contributed by atoms with Gasteiger partial charge in [0.05, 0.1) is 11.4 Å². The number of aryl methyl sites for hydroxylation is 4. The summed E-state index contributed by atoms with van der Waals surface area (Å²) in [5.74, 6) is 1.83. The van der Waals surface area contributed by atoms with Gasteiger partial charge in [-0.2, -0.15) is 0 Å². The number of aromatic nitrogens is 4. The van der Waals surface area contributed by atoms with Gasteiger partial charge in [-0.05, 0) is 44.9 Å². The van der Waals surface area contributed by atoms with E-state index in [1.807, 2.05) is 25.7 Å². The molecule has 24 heavy (non-hydrogen) atoms. The third-order valence-corrected chi connectivity index (χ3v) is 5.82. The van der Waals surface area contributed by atoms with Crippen molar-refractivity contribution in [2.24, 2.45) is 0 Å². The van der Waals surface area contributed by atoms with Gasteiger partial charge in [0.1, 0.15) is 10.7 Å². The zero-order valence-corrected chi connectivity index (χ0v) is 15.1. The number of amides is 1. The van der Waals surface area contributed by atoms with E-state index >= 15 is 0 Å². The highest BCUT2D eigenvalue weighted by molar-refractivity contribution is 7.20. The zero-order chi connectivity index (χ0) is 17.0. The Morgan fingerprint density at radius 3 is 2.75 bits per heavy atom. The minimum Gasteiger partial charge on any atom is -0.329 e. The third kappa shape index (κ3) is 2.23. The maximum Gasteiger partial charge on any atom is 0.264 e. The first-order valence-corrected chi connectivity index (χ1v) is 8.82. The summed E-state index contributed by atoms with van der Waals surface area (Å²) < 4.78 is 2.08. The van der Waals surface area contributed by atoms with Gasteiger partial charge in [0.15, 0.2) is 5.82 Å². The van der Waals surface area contributed by atoms with Crippen LogP contribution in [0.1, 0.15) is 38.1 Å². The Morgan fingerprint density at radius 1 is 1.17 bits per heavy atom. The molecule has 1 amide bonds. The molecule has 4 heterocycles. The van der Waals surface area contributed by atoms with E-state index in [1.165, 1.54) is 16.9 Å². The predicted octanol–water partition coefficient (Wildman–Crippen LogP) is 2.78. The lowest BCUT2D eigenvalue weighted by Gasteiger charge is -2.27. The van der Waals surface area contributed by atoms with Crippen LogP contribution >= 0.6 is 11.3 Å². The summed E-state index contributed by atoms with van der Waals surface area (Å²) in [7, 11) is 0. The number of rotatable bonds is 1. The largest absolute Gasteiger partial charge is 0.329 e. The lowest BCUT2D eigenvalue weighted by Crippen LogP contribution is -2.38. The van der Waals surface area contributed by atoms with Crippen LogP contribution in [0.25, 0.3) is 10.2 Å². The third-order valence-electron chi connectivity index (χ3n) is 4.65. The van der Waals surface area contributed by atoms with E-state index in [0.717, 1.165) is 44.5 Å². The van der Waals surface area contributed by atoms with Gasteiger partial charge in [-0.3, -0.25) is 4.79 Å². The number of carbonyl (C=O) groups excluding carboxylic acids is 1. The van der Waals surface area contributed by atoms with E-state index in [9.17, 15) is 4.79 Å². The van der Waals surface area contributed by atoms with E-state index in [2.05, 4.69) is 32.7 Å². The van der Waals surface area contributed by atoms with Gasteiger partial charge < -0.3 is 9.47 Å². The summed E-state index contributed by atoms with van der Waals surface area (Å²) in [6.07, 6.45) is 0. The standard InChI is InChI=1S/C17H19N5OS/c1-9-7-10(2)18-16-14(9)11(3)15(24-16)17(23)21-5-6-22-12(4)19-20-13(22)8-21/h7H,5-6,8H2,1-4H3. The van der Waals surface area contributed by atoms with Crippen molar-refractivity contribution in [3.05, 3.63) is 39.4 Å². The quantitative estimate of drug-likeness (QED) is 0.683. The molecule has 3 aromatic heterocycles. The molecule has 0 spiro atoms.